The number of carboxylic acid groups (broad SMARTS) is 2. The van der Waals surface area contributed by atoms with Crippen LogP contribution in [0.1, 0.15) is 30.9 Å². The SMILES string of the molecule is NC(N)=NCCC[C@H]1NC(=O)N(CC(=O)N[C@@H](CC(=O)O)C(=O)N[C@@H](C(=O)O)c2ccccc2)C1=O. The van der Waals surface area contributed by atoms with E-state index in [4.69, 9.17) is 16.6 Å². The lowest BCUT2D eigenvalue weighted by atomic mass is 10.1. The van der Waals surface area contributed by atoms with Crippen molar-refractivity contribution in [1.82, 2.24) is 20.9 Å². The van der Waals surface area contributed by atoms with E-state index in [1.165, 1.54) is 12.1 Å². The molecule has 1 fully saturated rings. The number of carbonyl (C=O) groups excluding carboxylic acids is 4. The molecule has 0 aliphatic carbocycles. The van der Waals surface area contributed by atoms with Crippen molar-refractivity contribution in [2.24, 2.45) is 16.5 Å². The molecule has 15 nitrogen and oxygen atoms in total. The van der Waals surface area contributed by atoms with Crippen LogP contribution in [0.3, 0.4) is 0 Å². The lowest BCUT2D eigenvalue weighted by Gasteiger charge is -2.21. The molecule has 0 spiro atoms. The Bertz CT molecular complexity index is 1040. The van der Waals surface area contributed by atoms with Crippen LogP contribution in [0.4, 0.5) is 4.79 Å². The van der Waals surface area contributed by atoms with Crippen molar-refractivity contribution >= 4 is 41.7 Å². The first kappa shape index (κ1) is 27.6. The largest absolute Gasteiger partial charge is 0.481 e. The van der Waals surface area contributed by atoms with Gasteiger partial charge in [-0.25, -0.2) is 9.59 Å². The minimum atomic E-state index is -1.67. The third-order valence-electron chi connectivity index (χ3n) is 5.05. The highest BCUT2D eigenvalue weighted by Crippen LogP contribution is 2.14. The standard InChI is InChI=1S/C21H27N7O8/c22-20(23)24-8-4-7-12-18(33)28(21(36)26-12)10-14(29)25-13(9-15(30)31)17(32)27-16(19(34)35)11-5-2-1-3-6-11/h1-3,5-6,12-13,16H,4,7-10H2,(H,25,29)(H,26,36)(H,27,32)(H,30,31)(H,34,35)(H4,22,23,24)/t12-,13+,16-/m1/s1. The van der Waals surface area contributed by atoms with Crippen LogP contribution in [-0.4, -0.2) is 81.9 Å². The van der Waals surface area contributed by atoms with Crippen LogP contribution in [0.2, 0.25) is 0 Å². The molecular weight excluding hydrogens is 478 g/mol. The molecular formula is C21H27N7O8. The highest BCUT2D eigenvalue weighted by Gasteiger charge is 2.39. The molecule has 1 aliphatic rings. The van der Waals surface area contributed by atoms with Crippen LogP contribution >= 0.6 is 0 Å². The van der Waals surface area contributed by atoms with Gasteiger partial charge in [-0.05, 0) is 18.4 Å². The van der Waals surface area contributed by atoms with E-state index in [0.29, 0.717) is 11.3 Å². The number of urea groups is 1. The van der Waals surface area contributed by atoms with Gasteiger partial charge in [0.1, 0.15) is 18.6 Å². The predicted molar refractivity (Wildman–Crippen MR) is 123 cm³/mol. The minimum Gasteiger partial charge on any atom is -0.481 e. The number of nitrogens with zero attached hydrogens (tertiary/aromatic N) is 2. The number of hydrogen-bond acceptors (Lipinski definition) is 7. The summed E-state index contributed by atoms with van der Waals surface area (Å²) in [6, 6.07) is 2.75. The maximum Gasteiger partial charge on any atom is 0.330 e. The second kappa shape index (κ2) is 12.7. The zero-order valence-corrected chi connectivity index (χ0v) is 19.0. The van der Waals surface area contributed by atoms with E-state index in [1.807, 2.05) is 0 Å². The van der Waals surface area contributed by atoms with Crippen LogP contribution in [0.5, 0.6) is 0 Å². The molecule has 0 aromatic heterocycles. The Balaban J connectivity index is 2.02. The van der Waals surface area contributed by atoms with Gasteiger partial charge in [0.25, 0.3) is 5.91 Å². The Hall–Kier alpha value is -4.69. The molecule has 194 valence electrons. The van der Waals surface area contributed by atoms with Crippen LogP contribution in [0, 0.1) is 0 Å². The average molecular weight is 505 g/mol. The first-order valence-electron chi connectivity index (χ1n) is 10.8. The summed E-state index contributed by atoms with van der Waals surface area (Å²) >= 11 is 0. The summed E-state index contributed by atoms with van der Waals surface area (Å²) in [7, 11) is 0. The smallest absolute Gasteiger partial charge is 0.330 e. The molecule has 5 amide bonds. The minimum absolute atomic E-state index is 0.117. The summed E-state index contributed by atoms with van der Waals surface area (Å²) in [5.41, 5.74) is 10.7. The van der Waals surface area contributed by atoms with Gasteiger partial charge in [-0.2, -0.15) is 0 Å². The van der Waals surface area contributed by atoms with Crippen molar-refractivity contribution in [3.05, 3.63) is 35.9 Å². The fourth-order valence-corrected chi connectivity index (χ4v) is 3.37. The topological polar surface area (TPSA) is 247 Å². The Labute approximate surface area is 204 Å². The number of carboxylic acids is 2. The molecule has 1 aliphatic heterocycles. The highest BCUT2D eigenvalue weighted by molar-refractivity contribution is 6.06. The van der Waals surface area contributed by atoms with Crippen molar-refractivity contribution in [1.29, 1.82) is 0 Å². The molecule has 15 heteroatoms. The molecule has 0 saturated carbocycles. The summed E-state index contributed by atoms with van der Waals surface area (Å²) < 4.78 is 0. The molecule has 0 radical (unpaired) electrons. The number of nitrogens with one attached hydrogen (secondary N) is 3. The fraction of sp³-hybridized carbons (Fsp3) is 0.381. The maximum absolute atomic E-state index is 12.7. The molecule has 1 aromatic rings. The van der Waals surface area contributed by atoms with E-state index in [9.17, 15) is 33.9 Å². The van der Waals surface area contributed by atoms with Gasteiger partial charge < -0.3 is 37.6 Å². The third kappa shape index (κ3) is 7.96. The Kier molecular flexibility index (Phi) is 9.71. The number of guanidine groups is 1. The quantitative estimate of drug-likeness (QED) is 0.0663. The Morgan fingerprint density at radius 3 is 2.33 bits per heavy atom. The van der Waals surface area contributed by atoms with E-state index in [1.54, 1.807) is 18.2 Å². The Morgan fingerprint density at radius 1 is 1.08 bits per heavy atom. The molecule has 36 heavy (non-hydrogen) atoms. The predicted octanol–water partition coefficient (Wildman–Crippen LogP) is -2.14. The molecule has 0 bridgehead atoms. The number of imide groups is 1. The number of hydrogen-bond donors (Lipinski definition) is 7. The molecule has 9 N–H and O–H groups in total. The third-order valence-corrected chi connectivity index (χ3v) is 5.05. The number of aliphatic carboxylic acids is 2. The van der Waals surface area contributed by atoms with Gasteiger partial charge >= 0.3 is 18.0 Å². The lowest BCUT2D eigenvalue weighted by molar-refractivity contribution is -0.143. The summed E-state index contributed by atoms with van der Waals surface area (Å²) in [5.74, 6) is -5.72. The maximum atomic E-state index is 12.7. The van der Waals surface area contributed by atoms with Crippen molar-refractivity contribution < 1.29 is 39.0 Å². The van der Waals surface area contributed by atoms with E-state index < -0.39 is 66.8 Å². The molecule has 0 unspecified atom stereocenters. The van der Waals surface area contributed by atoms with Crippen LogP contribution < -0.4 is 27.4 Å². The lowest BCUT2D eigenvalue weighted by Crippen LogP contribution is -2.52. The van der Waals surface area contributed by atoms with Crippen LogP contribution in [0.15, 0.2) is 35.3 Å². The fourth-order valence-electron chi connectivity index (χ4n) is 3.37. The summed E-state index contributed by atoms with van der Waals surface area (Å²) in [6.45, 7) is -0.547. The molecule has 1 aromatic carbocycles. The summed E-state index contributed by atoms with van der Waals surface area (Å²) in [5, 5.41) is 25.4. The first-order valence-corrected chi connectivity index (χ1v) is 10.8. The Morgan fingerprint density at radius 2 is 1.75 bits per heavy atom. The van der Waals surface area contributed by atoms with Gasteiger partial charge in [-0.3, -0.25) is 29.1 Å². The number of aliphatic imine (C=N–C) groups is 1. The second-order valence-electron chi connectivity index (χ2n) is 7.78. The number of carbonyl (C=O) groups is 6. The van der Waals surface area contributed by atoms with Gasteiger partial charge in [0.05, 0.1) is 6.42 Å². The van der Waals surface area contributed by atoms with Crippen LogP contribution in [0.25, 0.3) is 0 Å². The van der Waals surface area contributed by atoms with E-state index in [0.717, 1.165) is 0 Å². The molecule has 1 saturated heterocycles. The van der Waals surface area contributed by atoms with E-state index >= 15 is 0 Å². The number of benzene rings is 1. The van der Waals surface area contributed by atoms with Crippen molar-refractivity contribution in [3.63, 3.8) is 0 Å². The zero-order valence-electron chi connectivity index (χ0n) is 19.0. The second-order valence-corrected chi connectivity index (χ2v) is 7.78. The van der Waals surface area contributed by atoms with Crippen molar-refractivity contribution in [2.75, 3.05) is 13.1 Å². The van der Waals surface area contributed by atoms with Crippen molar-refractivity contribution in [3.8, 4) is 0 Å². The van der Waals surface area contributed by atoms with E-state index in [2.05, 4.69) is 20.9 Å². The van der Waals surface area contributed by atoms with E-state index in [-0.39, 0.29) is 24.5 Å². The van der Waals surface area contributed by atoms with Gasteiger partial charge in [0.15, 0.2) is 12.0 Å². The summed E-state index contributed by atoms with van der Waals surface area (Å²) in [6.07, 6.45) is -0.284. The van der Waals surface area contributed by atoms with Crippen LogP contribution in [-0.2, 0) is 24.0 Å². The normalized spacial score (nSPS) is 16.4. The molecule has 2 rings (SSSR count). The van der Waals surface area contributed by atoms with Crippen molar-refractivity contribution in [2.45, 2.75) is 37.4 Å². The molecule has 1 heterocycles. The monoisotopic (exact) mass is 505 g/mol. The van der Waals surface area contributed by atoms with Gasteiger partial charge in [0.2, 0.25) is 11.8 Å². The van der Waals surface area contributed by atoms with Gasteiger partial charge in [-0.1, -0.05) is 30.3 Å². The van der Waals surface area contributed by atoms with Gasteiger partial charge in [0, 0.05) is 6.54 Å². The summed E-state index contributed by atoms with van der Waals surface area (Å²) in [4.78, 5) is 77.1. The zero-order chi connectivity index (χ0) is 26.8. The van der Waals surface area contributed by atoms with Gasteiger partial charge in [-0.15, -0.1) is 0 Å². The highest BCUT2D eigenvalue weighted by atomic mass is 16.4. The average Bonchev–Trinajstić information content (AvgIpc) is 3.07. The number of amides is 5. The number of nitrogens with two attached hydrogens (primary N) is 2. The molecule has 3 atom stereocenters. The number of rotatable bonds is 13. The first-order chi connectivity index (χ1) is 17.0.